The van der Waals surface area contributed by atoms with Gasteiger partial charge in [-0.3, -0.25) is 0 Å². The molecule has 0 aliphatic rings. The minimum atomic E-state index is 0.856. The summed E-state index contributed by atoms with van der Waals surface area (Å²) in [6.45, 7) is 5.88. The number of para-hydroxylation sites is 2. The van der Waals surface area contributed by atoms with Crippen molar-refractivity contribution in [2.24, 2.45) is 0 Å². The number of nitrogens with zero attached hydrogens (tertiary/aromatic N) is 8. The fourth-order valence-electron chi connectivity index (χ4n) is 8.48. The molecular weight excluding hydrogens is 797 g/mol. The van der Waals surface area contributed by atoms with Crippen molar-refractivity contribution >= 4 is 73.0 Å². The molecule has 9 aromatic carbocycles. The van der Waals surface area contributed by atoms with Gasteiger partial charge in [-0.25, -0.2) is 0 Å². The Morgan fingerprint density at radius 3 is 1.37 bits per heavy atom. The maximum absolute atomic E-state index is 4.90. The first kappa shape index (κ1) is 39.0. The number of rotatable bonds is 11. The van der Waals surface area contributed by atoms with E-state index in [0.29, 0.717) is 0 Å². The third kappa shape index (κ3) is 7.49. The highest BCUT2D eigenvalue weighted by atomic mass is 15.5. The Kier molecular flexibility index (Phi) is 10.1. The first-order chi connectivity index (χ1) is 32.1. The number of allylic oxidation sites excluding steroid dienone is 2. The lowest BCUT2D eigenvalue weighted by atomic mass is 10.0. The molecule has 8 nitrogen and oxygen atoms in total. The summed E-state index contributed by atoms with van der Waals surface area (Å²) in [6, 6.07) is 71.7. The number of aromatic nitrogens is 6. The molecule has 0 saturated heterocycles. The Morgan fingerprint density at radius 1 is 0.415 bits per heavy atom. The van der Waals surface area contributed by atoms with Gasteiger partial charge in [-0.1, -0.05) is 122 Å². The van der Waals surface area contributed by atoms with Gasteiger partial charge in [0.1, 0.15) is 22.1 Å². The smallest absolute Gasteiger partial charge is 0.121 e. The first-order valence-electron chi connectivity index (χ1n) is 21.6. The molecule has 0 aliphatic carbocycles. The second-order valence-corrected chi connectivity index (χ2v) is 15.8. The lowest BCUT2D eigenvalue weighted by molar-refractivity contribution is 0.765. The SMILES string of the molecule is C=C/C=C\c1ccc2nn(-c3ccc(N(c4ccccc4)c4ccc(-c5ccc(N(c6ccccc6)c6ccc(-n7nc8ccc9ccccc9c8n7)cc6)cc5)cc4)cc3)nc2c1C. The van der Waals surface area contributed by atoms with Crippen LogP contribution in [0.15, 0.2) is 225 Å². The van der Waals surface area contributed by atoms with Crippen molar-refractivity contribution in [3.8, 4) is 22.5 Å². The minimum Gasteiger partial charge on any atom is -0.311 e. The second-order valence-electron chi connectivity index (χ2n) is 15.8. The molecule has 11 aromatic rings. The molecular formula is C57H42N8. The van der Waals surface area contributed by atoms with E-state index >= 15 is 0 Å². The predicted molar refractivity (Wildman–Crippen MR) is 268 cm³/mol. The lowest BCUT2D eigenvalue weighted by Gasteiger charge is -2.26. The number of anilines is 6. The van der Waals surface area contributed by atoms with E-state index in [1.165, 1.54) is 0 Å². The van der Waals surface area contributed by atoms with E-state index in [1.807, 2.05) is 48.6 Å². The van der Waals surface area contributed by atoms with Crippen molar-refractivity contribution in [2.75, 3.05) is 9.80 Å². The van der Waals surface area contributed by atoms with Gasteiger partial charge in [0.05, 0.1) is 11.4 Å². The summed E-state index contributed by atoms with van der Waals surface area (Å²) in [6.07, 6.45) is 5.76. The van der Waals surface area contributed by atoms with Crippen molar-refractivity contribution < 1.29 is 0 Å². The van der Waals surface area contributed by atoms with Crippen molar-refractivity contribution in [1.29, 1.82) is 0 Å². The van der Waals surface area contributed by atoms with Crippen molar-refractivity contribution in [3.63, 3.8) is 0 Å². The predicted octanol–water partition coefficient (Wildman–Crippen LogP) is 14.4. The zero-order valence-electron chi connectivity index (χ0n) is 35.6. The van der Waals surface area contributed by atoms with E-state index in [2.05, 4.69) is 193 Å². The van der Waals surface area contributed by atoms with Gasteiger partial charge in [-0.15, -0.1) is 20.4 Å². The molecule has 0 aliphatic heterocycles. The van der Waals surface area contributed by atoms with Crippen LogP contribution in [0.25, 0.3) is 61.4 Å². The molecule has 11 rings (SSSR count). The molecule has 0 saturated carbocycles. The molecule has 310 valence electrons. The van der Waals surface area contributed by atoms with E-state index in [-0.39, 0.29) is 0 Å². The number of hydrogen-bond acceptors (Lipinski definition) is 6. The van der Waals surface area contributed by atoms with Gasteiger partial charge in [-0.05, 0) is 144 Å². The molecule has 0 amide bonds. The van der Waals surface area contributed by atoms with Gasteiger partial charge in [0.2, 0.25) is 0 Å². The summed E-state index contributed by atoms with van der Waals surface area (Å²) >= 11 is 0. The van der Waals surface area contributed by atoms with Crippen LogP contribution in [0.2, 0.25) is 0 Å². The largest absolute Gasteiger partial charge is 0.311 e. The van der Waals surface area contributed by atoms with Gasteiger partial charge < -0.3 is 9.80 Å². The van der Waals surface area contributed by atoms with Gasteiger partial charge in [0, 0.05) is 39.5 Å². The van der Waals surface area contributed by atoms with Gasteiger partial charge >= 0.3 is 0 Å². The Balaban J connectivity index is 0.859. The summed E-state index contributed by atoms with van der Waals surface area (Å²) in [4.78, 5) is 7.98. The van der Waals surface area contributed by atoms with Crippen LogP contribution in [0.1, 0.15) is 11.1 Å². The highest BCUT2D eigenvalue weighted by Gasteiger charge is 2.17. The Labute approximate surface area is 376 Å². The van der Waals surface area contributed by atoms with Crippen LogP contribution in [0.4, 0.5) is 34.1 Å². The standard InChI is InChI=1S/C57H42N8/c1-3-4-13-41-24-38-54-56(40(41)2)60-64(58-54)51-34-30-49(31-35-51)62(45-15-7-5-8-16-45)47-26-20-42(21-27-47)43-22-28-48(29-23-43)63(46-17-9-6-10-18-46)50-32-36-52(37-33-50)65-59-55-39-25-44-14-11-12-19-53(44)57(55)61-65/h3-39H,1H2,2H3/b13-4-. The van der Waals surface area contributed by atoms with Crippen LogP contribution in [-0.2, 0) is 0 Å². The average molecular weight is 839 g/mol. The van der Waals surface area contributed by atoms with Crippen molar-refractivity contribution in [2.45, 2.75) is 6.92 Å². The highest BCUT2D eigenvalue weighted by Crippen LogP contribution is 2.38. The molecule has 65 heavy (non-hydrogen) atoms. The molecule has 0 bridgehead atoms. The minimum absolute atomic E-state index is 0.856. The van der Waals surface area contributed by atoms with Crippen LogP contribution in [-0.4, -0.2) is 30.0 Å². The summed E-state index contributed by atoms with van der Waals surface area (Å²) in [7, 11) is 0. The van der Waals surface area contributed by atoms with E-state index in [4.69, 9.17) is 20.4 Å². The fourth-order valence-corrected chi connectivity index (χ4v) is 8.48. The Bertz CT molecular complexity index is 3480. The second kappa shape index (κ2) is 16.8. The summed E-state index contributed by atoms with van der Waals surface area (Å²) < 4.78 is 0. The number of hydrogen-bond donors (Lipinski definition) is 0. The van der Waals surface area contributed by atoms with Crippen LogP contribution in [0, 0.1) is 6.92 Å². The molecule has 0 spiro atoms. The Hall–Kier alpha value is -8.88. The number of aryl methyl sites for hydroxylation is 1. The summed E-state index contributed by atoms with van der Waals surface area (Å²) in [5.41, 5.74) is 16.0. The fraction of sp³-hybridized carbons (Fsp3) is 0.0175. The maximum Gasteiger partial charge on any atom is 0.121 e. The molecule has 2 heterocycles. The molecule has 0 N–H and O–H groups in total. The third-order valence-corrected chi connectivity index (χ3v) is 11.8. The molecule has 0 unspecified atom stereocenters. The molecule has 2 aromatic heterocycles. The maximum atomic E-state index is 4.90. The highest BCUT2D eigenvalue weighted by molar-refractivity contribution is 6.03. The van der Waals surface area contributed by atoms with Gasteiger partial charge in [-0.2, -0.15) is 9.59 Å². The monoisotopic (exact) mass is 838 g/mol. The van der Waals surface area contributed by atoms with Crippen molar-refractivity contribution in [3.05, 3.63) is 236 Å². The normalized spacial score (nSPS) is 11.5. The molecule has 0 atom stereocenters. The average Bonchev–Trinajstić information content (AvgIpc) is 4.02. The molecule has 0 fully saturated rings. The topological polar surface area (TPSA) is 67.9 Å². The van der Waals surface area contributed by atoms with Crippen LogP contribution in [0.5, 0.6) is 0 Å². The summed E-state index contributed by atoms with van der Waals surface area (Å²) in [5, 5.41) is 21.6. The Morgan fingerprint density at radius 2 is 0.846 bits per heavy atom. The molecule has 0 radical (unpaired) electrons. The van der Waals surface area contributed by atoms with E-state index in [0.717, 1.165) is 101 Å². The lowest BCUT2D eigenvalue weighted by Crippen LogP contribution is -2.10. The van der Waals surface area contributed by atoms with Gasteiger partial charge in [0.15, 0.2) is 0 Å². The third-order valence-electron chi connectivity index (χ3n) is 11.8. The number of benzene rings is 9. The van der Waals surface area contributed by atoms with Crippen LogP contribution in [0.3, 0.4) is 0 Å². The van der Waals surface area contributed by atoms with Crippen LogP contribution >= 0.6 is 0 Å². The first-order valence-corrected chi connectivity index (χ1v) is 21.6. The van der Waals surface area contributed by atoms with E-state index in [9.17, 15) is 0 Å². The summed E-state index contributed by atoms with van der Waals surface area (Å²) in [5.74, 6) is 0. The van der Waals surface area contributed by atoms with Crippen LogP contribution < -0.4 is 9.80 Å². The van der Waals surface area contributed by atoms with E-state index in [1.54, 1.807) is 15.7 Å². The zero-order chi connectivity index (χ0) is 43.7. The number of fused-ring (bicyclic) bond motifs is 4. The van der Waals surface area contributed by atoms with Crippen molar-refractivity contribution in [1.82, 2.24) is 30.0 Å². The zero-order valence-corrected chi connectivity index (χ0v) is 35.6. The quantitative estimate of drug-likeness (QED) is 0.121. The van der Waals surface area contributed by atoms with E-state index < -0.39 is 0 Å². The molecule has 8 heteroatoms. The van der Waals surface area contributed by atoms with Gasteiger partial charge in [0.25, 0.3) is 0 Å².